The molecule has 0 atom stereocenters. The molecule has 0 saturated carbocycles. The van der Waals surface area contributed by atoms with E-state index in [1.807, 2.05) is 0 Å². The Labute approximate surface area is 96.9 Å². The summed E-state index contributed by atoms with van der Waals surface area (Å²) in [5.74, 6) is -1.06. The predicted molar refractivity (Wildman–Crippen MR) is 60.9 cm³/mol. The van der Waals surface area contributed by atoms with E-state index >= 15 is 0 Å². The van der Waals surface area contributed by atoms with Crippen LogP contribution >= 0.6 is 0 Å². The highest BCUT2D eigenvalue weighted by atomic mass is 16.3. The molecule has 7 heteroatoms. The van der Waals surface area contributed by atoms with Crippen LogP contribution in [0.25, 0.3) is 0 Å². The van der Waals surface area contributed by atoms with E-state index in [1.165, 1.54) is 6.92 Å². The first-order valence-electron chi connectivity index (χ1n) is 5.00. The van der Waals surface area contributed by atoms with Crippen molar-refractivity contribution < 1.29 is 9.90 Å². The molecule has 1 heterocycles. The molecule has 4 N–H and O–H groups in total. The third-order valence-electron chi connectivity index (χ3n) is 2.52. The summed E-state index contributed by atoms with van der Waals surface area (Å²) < 4.78 is 0.953. The molecule has 1 aromatic heterocycles. The van der Waals surface area contributed by atoms with Gasteiger partial charge < -0.3 is 10.8 Å². The van der Waals surface area contributed by atoms with Crippen molar-refractivity contribution in [1.82, 2.24) is 9.55 Å². The number of H-pyrrole nitrogens is 1. The average molecular weight is 241 g/mol. The van der Waals surface area contributed by atoms with Gasteiger partial charge in [-0.05, 0) is 20.8 Å². The van der Waals surface area contributed by atoms with Crippen LogP contribution in [0.1, 0.15) is 25.8 Å². The molecule has 0 bridgehead atoms. The minimum atomic E-state index is -1.01. The molecule has 0 fully saturated rings. The van der Waals surface area contributed by atoms with Crippen molar-refractivity contribution in [3.63, 3.8) is 0 Å². The quantitative estimate of drug-likeness (QED) is 0.639. The monoisotopic (exact) mass is 241 g/mol. The summed E-state index contributed by atoms with van der Waals surface area (Å²) in [6, 6.07) is 0. The smallest absolute Gasteiger partial charge is 0.331 e. The van der Waals surface area contributed by atoms with Crippen LogP contribution in [0.3, 0.4) is 0 Å². The number of carbonyl (C=O) groups is 1. The van der Waals surface area contributed by atoms with Crippen LogP contribution in [0.2, 0.25) is 0 Å². The molecule has 0 unspecified atom stereocenters. The van der Waals surface area contributed by atoms with Crippen LogP contribution in [0.15, 0.2) is 9.59 Å². The van der Waals surface area contributed by atoms with Crippen LogP contribution in [-0.4, -0.2) is 20.6 Å². The van der Waals surface area contributed by atoms with E-state index < -0.39 is 28.6 Å². The lowest BCUT2D eigenvalue weighted by Gasteiger charge is -2.27. The number of hydrogen-bond acceptors (Lipinski definition) is 4. The molecule has 0 saturated heterocycles. The standard InChI is InChI=1S/C10H15N3O4/c1-5-7(15)12-9(17)13(8(5)16)10(2,3)4-6(11)14/h16H,4H2,1-3H3,(H2,11,14)(H,12,15,17). The van der Waals surface area contributed by atoms with E-state index in [4.69, 9.17) is 5.73 Å². The van der Waals surface area contributed by atoms with Crippen molar-refractivity contribution in [3.8, 4) is 5.88 Å². The summed E-state index contributed by atoms with van der Waals surface area (Å²) in [5.41, 5.74) is 2.65. The molecule has 17 heavy (non-hydrogen) atoms. The van der Waals surface area contributed by atoms with Gasteiger partial charge in [0.2, 0.25) is 11.8 Å². The van der Waals surface area contributed by atoms with E-state index in [0.717, 1.165) is 4.57 Å². The Balaban J connectivity index is 3.52. The zero-order valence-corrected chi connectivity index (χ0v) is 9.90. The number of nitrogens with zero attached hydrogens (tertiary/aromatic N) is 1. The molecule has 94 valence electrons. The summed E-state index contributed by atoms with van der Waals surface area (Å²) in [6.45, 7) is 4.51. The zero-order chi connectivity index (χ0) is 13.4. The lowest BCUT2D eigenvalue weighted by atomic mass is 9.99. The van der Waals surface area contributed by atoms with E-state index in [2.05, 4.69) is 4.98 Å². The topological polar surface area (TPSA) is 118 Å². The van der Waals surface area contributed by atoms with Gasteiger partial charge in [0.25, 0.3) is 5.56 Å². The maximum absolute atomic E-state index is 11.6. The molecule has 1 aromatic rings. The van der Waals surface area contributed by atoms with Gasteiger partial charge in [0.1, 0.15) is 0 Å². The molecule has 0 aliphatic heterocycles. The summed E-state index contributed by atoms with van der Waals surface area (Å²) in [6.07, 6.45) is -0.133. The van der Waals surface area contributed by atoms with Crippen LogP contribution in [0.5, 0.6) is 5.88 Å². The highest BCUT2D eigenvalue weighted by Crippen LogP contribution is 2.23. The van der Waals surface area contributed by atoms with Crippen molar-refractivity contribution >= 4 is 5.91 Å². The summed E-state index contributed by atoms with van der Waals surface area (Å²) in [7, 11) is 0. The second-order valence-electron chi connectivity index (χ2n) is 4.50. The molecule has 7 nitrogen and oxygen atoms in total. The van der Waals surface area contributed by atoms with Crippen molar-refractivity contribution in [2.75, 3.05) is 0 Å². The molecule has 0 aliphatic carbocycles. The van der Waals surface area contributed by atoms with Gasteiger partial charge in [-0.25, -0.2) is 4.79 Å². The predicted octanol–water partition coefficient (Wildman–Crippen LogP) is -0.839. The summed E-state index contributed by atoms with van der Waals surface area (Å²) >= 11 is 0. The fourth-order valence-electron chi connectivity index (χ4n) is 1.68. The van der Waals surface area contributed by atoms with E-state index in [-0.39, 0.29) is 12.0 Å². The Morgan fingerprint density at radius 2 is 2.00 bits per heavy atom. The van der Waals surface area contributed by atoms with Crippen molar-refractivity contribution in [2.45, 2.75) is 32.7 Å². The fraction of sp³-hybridized carbons (Fsp3) is 0.500. The van der Waals surface area contributed by atoms with Gasteiger partial charge in [0.05, 0.1) is 11.1 Å². The first-order chi connectivity index (χ1) is 7.66. The number of nitrogens with two attached hydrogens (primary N) is 1. The van der Waals surface area contributed by atoms with E-state index in [9.17, 15) is 19.5 Å². The van der Waals surface area contributed by atoms with Gasteiger partial charge in [0, 0.05) is 6.42 Å². The van der Waals surface area contributed by atoms with E-state index in [1.54, 1.807) is 13.8 Å². The Bertz CT molecular complexity index is 568. The number of hydrogen-bond donors (Lipinski definition) is 3. The number of aromatic nitrogens is 2. The maximum atomic E-state index is 11.6. The van der Waals surface area contributed by atoms with Gasteiger partial charge in [-0.15, -0.1) is 0 Å². The lowest BCUT2D eigenvalue weighted by molar-refractivity contribution is -0.119. The van der Waals surface area contributed by atoms with Crippen molar-refractivity contribution in [2.24, 2.45) is 5.73 Å². The van der Waals surface area contributed by atoms with Crippen LogP contribution in [0.4, 0.5) is 0 Å². The Morgan fingerprint density at radius 1 is 1.47 bits per heavy atom. The first kappa shape index (κ1) is 13.0. The molecule has 1 amide bonds. The highest BCUT2D eigenvalue weighted by Gasteiger charge is 2.28. The third-order valence-corrected chi connectivity index (χ3v) is 2.52. The number of aromatic hydroxyl groups is 1. The second-order valence-corrected chi connectivity index (χ2v) is 4.50. The largest absolute Gasteiger partial charge is 0.494 e. The van der Waals surface area contributed by atoms with Crippen molar-refractivity contribution in [3.05, 3.63) is 26.4 Å². The minimum absolute atomic E-state index is 0.0159. The van der Waals surface area contributed by atoms with Gasteiger partial charge in [-0.1, -0.05) is 0 Å². The number of rotatable bonds is 3. The fourth-order valence-corrected chi connectivity index (χ4v) is 1.68. The molecular formula is C10H15N3O4. The Kier molecular flexibility index (Phi) is 3.12. The summed E-state index contributed by atoms with van der Waals surface area (Å²) in [4.78, 5) is 35.9. The van der Waals surface area contributed by atoms with Gasteiger partial charge >= 0.3 is 5.69 Å². The van der Waals surface area contributed by atoms with Crippen LogP contribution in [-0.2, 0) is 10.3 Å². The minimum Gasteiger partial charge on any atom is -0.494 e. The number of nitrogens with one attached hydrogen (secondary N) is 1. The molecule has 0 spiro atoms. The first-order valence-corrected chi connectivity index (χ1v) is 5.00. The number of primary amides is 1. The average Bonchev–Trinajstić information content (AvgIpc) is 2.11. The molecule has 0 aliphatic rings. The number of amides is 1. The van der Waals surface area contributed by atoms with Crippen LogP contribution in [0, 0.1) is 6.92 Å². The summed E-state index contributed by atoms with van der Waals surface area (Å²) in [5, 5.41) is 9.80. The van der Waals surface area contributed by atoms with Crippen molar-refractivity contribution in [1.29, 1.82) is 0 Å². The highest BCUT2D eigenvalue weighted by molar-refractivity contribution is 5.74. The molecule has 1 rings (SSSR count). The Hall–Kier alpha value is -2.05. The third kappa shape index (κ3) is 2.38. The lowest BCUT2D eigenvalue weighted by Crippen LogP contribution is -2.43. The maximum Gasteiger partial charge on any atom is 0.331 e. The zero-order valence-electron chi connectivity index (χ0n) is 9.90. The van der Waals surface area contributed by atoms with Crippen LogP contribution < -0.4 is 17.0 Å². The number of carbonyl (C=O) groups excluding carboxylic acids is 1. The molecular weight excluding hydrogens is 226 g/mol. The number of aromatic amines is 1. The van der Waals surface area contributed by atoms with E-state index in [0.29, 0.717) is 0 Å². The SMILES string of the molecule is Cc1c(O)n(C(C)(C)CC(N)=O)c(=O)[nH]c1=O. The molecule has 0 radical (unpaired) electrons. The second kappa shape index (κ2) is 4.08. The van der Waals surface area contributed by atoms with Gasteiger partial charge in [-0.3, -0.25) is 19.1 Å². The Morgan fingerprint density at radius 3 is 2.47 bits per heavy atom. The van der Waals surface area contributed by atoms with Gasteiger partial charge in [0.15, 0.2) is 0 Å². The molecule has 0 aromatic carbocycles. The van der Waals surface area contributed by atoms with Gasteiger partial charge in [-0.2, -0.15) is 0 Å². The normalized spacial score (nSPS) is 11.5.